The highest BCUT2D eigenvalue weighted by Crippen LogP contribution is 2.32. The van der Waals surface area contributed by atoms with Gasteiger partial charge in [-0.1, -0.05) is 12.1 Å². The maximum atomic E-state index is 12.1. The molecule has 0 atom stereocenters. The van der Waals surface area contributed by atoms with E-state index >= 15 is 0 Å². The molecule has 0 unspecified atom stereocenters. The van der Waals surface area contributed by atoms with Crippen molar-refractivity contribution in [3.8, 4) is 11.5 Å². The van der Waals surface area contributed by atoms with Crippen LogP contribution in [0.5, 0.6) is 11.5 Å². The van der Waals surface area contributed by atoms with E-state index in [2.05, 4.69) is 5.32 Å². The molecule has 122 valence electrons. The maximum Gasteiger partial charge on any atom is 0.234 e. The molecule has 0 aromatic heterocycles. The Hall–Kier alpha value is -1.79. The standard InChI is InChI=1S/C17H19NO3S2/c1-20-14-9-8-12(10-15(14)21-2)23-11-17(19)18-13-6-4-5-7-16(13)22-3/h4-10H,11H2,1-3H3,(H,18,19). The monoisotopic (exact) mass is 349 g/mol. The number of hydrogen-bond donors (Lipinski definition) is 1. The Bertz CT molecular complexity index is 677. The van der Waals surface area contributed by atoms with E-state index in [0.717, 1.165) is 15.5 Å². The summed E-state index contributed by atoms with van der Waals surface area (Å²) in [5.41, 5.74) is 0.845. The zero-order chi connectivity index (χ0) is 16.7. The van der Waals surface area contributed by atoms with E-state index in [0.29, 0.717) is 17.3 Å². The quantitative estimate of drug-likeness (QED) is 0.761. The maximum absolute atomic E-state index is 12.1. The molecule has 23 heavy (non-hydrogen) atoms. The SMILES string of the molecule is COc1ccc(SCC(=O)Nc2ccccc2SC)cc1OC. The van der Waals surface area contributed by atoms with Crippen LogP contribution in [0.1, 0.15) is 0 Å². The summed E-state index contributed by atoms with van der Waals surface area (Å²) >= 11 is 3.06. The third-order valence-electron chi connectivity index (χ3n) is 3.11. The lowest BCUT2D eigenvalue weighted by molar-refractivity contribution is -0.113. The Labute approximate surface area is 144 Å². The fraction of sp³-hybridized carbons (Fsp3) is 0.235. The van der Waals surface area contributed by atoms with E-state index < -0.39 is 0 Å². The van der Waals surface area contributed by atoms with Crippen molar-refractivity contribution >= 4 is 35.1 Å². The highest BCUT2D eigenvalue weighted by atomic mass is 32.2. The highest BCUT2D eigenvalue weighted by molar-refractivity contribution is 8.00. The van der Waals surface area contributed by atoms with Crippen LogP contribution in [0.25, 0.3) is 0 Å². The zero-order valence-electron chi connectivity index (χ0n) is 13.3. The topological polar surface area (TPSA) is 47.6 Å². The third kappa shape index (κ3) is 4.84. The number of carbonyl (C=O) groups is 1. The fourth-order valence-electron chi connectivity index (χ4n) is 1.99. The Morgan fingerprint density at radius 3 is 2.52 bits per heavy atom. The van der Waals surface area contributed by atoms with Gasteiger partial charge in [0.05, 0.1) is 25.7 Å². The minimum absolute atomic E-state index is 0.0358. The number of hydrogen-bond acceptors (Lipinski definition) is 5. The molecule has 0 fully saturated rings. The van der Waals surface area contributed by atoms with Gasteiger partial charge in [0.2, 0.25) is 5.91 Å². The van der Waals surface area contributed by atoms with Gasteiger partial charge in [0, 0.05) is 9.79 Å². The second kappa shape index (κ2) is 8.74. The van der Waals surface area contributed by atoms with Gasteiger partial charge >= 0.3 is 0 Å². The minimum atomic E-state index is -0.0358. The molecular weight excluding hydrogens is 330 g/mol. The highest BCUT2D eigenvalue weighted by Gasteiger charge is 2.09. The van der Waals surface area contributed by atoms with Crippen LogP contribution in [0.2, 0.25) is 0 Å². The van der Waals surface area contributed by atoms with Crippen molar-refractivity contribution in [2.75, 3.05) is 31.5 Å². The molecule has 0 bridgehead atoms. The Morgan fingerprint density at radius 1 is 1.09 bits per heavy atom. The number of thioether (sulfide) groups is 2. The van der Waals surface area contributed by atoms with Gasteiger partial charge in [-0.2, -0.15) is 0 Å². The summed E-state index contributed by atoms with van der Waals surface area (Å²) < 4.78 is 10.5. The summed E-state index contributed by atoms with van der Waals surface area (Å²) in [5.74, 6) is 1.63. The van der Waals surface area contributed by atoms with Crippen LogP contribution in [0.4, 0.5) is 5.69 Å². The van der Waals surface area contributed by atoms with Gasteiger partial charge in [0.25, 0.3) is 0 Å². The smallest absolute Gasteiger partial charge is 0.234 e. The second-order valence-electron chi connectivity index (χ2n) is 4.55. The van der Waals surface area contributed by atoms with Crippen LogP contribution in [0.3, 0.4) is 0 Å². The molecule has 0 spiro atoms. The number of methoxy groups -OCH3 is 2. The van der Waals surface area contributed by atoms with Crippen molar-refractivity contribution in [3.63, 3.8) is 0 Å². The fourth-order valence-corrected chi connectivity index (χ4v) is 3.27. The summed E-state index contributed by atoms with van der Waals surface area (Å²) in [7, 11) is 3.19. The lowest BCUT2D eigenvalue weighted by atomic mass is 10.3. The molecule has 0 radical (unpaired) electrons. The molecule has 0 saturated heterocycles. The first-order chi connectivity index (χ1) is 11.2. The average molecular weight is 349 g/mol. The first-order valence-corrected chi connectivity index (χ1v) is 9.16. The number of para-hydroxylation sites is 1. The second-order valence-corrected chi connectivity index (χ2v) is 6.45. The predicted molar refractivity (Wildman–Crippen MR) is 97.1 cm³/mol. The van der Waals surface area contributed by atoms with E-state index in [1.807, 2.05) is 48.7 Å². The number of ether oxygens (including phenoxy) is 2. The molecule has 2 aromatic rings. The molecule has 0 aliphatic carbocycles. The van der Waals surface area contributed by atoms with Crippen LogP contribution in [0.15, 0.2) is 52.3 Å². The van der Waals surface area contributed by atoms with Crippen molar-refractivity contribution in [3.05, 3.63) is 42.5 Å². The molecule has 2 rings (SSSR count). The summed E-state index contributed by atoms with van der Waals surface area (Å²) in [4.78, 5) is 14.1. The van der Waals surface area contributed by atoms with Crippen molar-refractivity contribution in [2.45, 2.75) is 9.79 Å². The van der Waals surface area contributed by atoms with E-state index in [1.54, 1.807) is 26.0 Å². The zero-order valence-corrected chi connectivity index (χ0v) is 14.9. The van der Waals surface area contributed by atoms with Gasteiger partial charge in [-0.05, 0) is 36.6 Å². The largest absolute Gasteiger partial charge is 0.493 e. The summed E-state index contributed by atoms with van der Waals surface area (Å²) in [6.07, 6.45) is 1.99. The molecule has 2 aromatic carbocycles. The number of anilines is 1. The summed E-state index contributed by atoms with van der Waals surface area (Å²) in [5, 5.41) is 2.95. The number of amides is 1. The summed E-state index contributed by atoms with van der Waals surface area (Å²) in [6, 6.07) is 13.4. The number of carbonyl (C=O) groups excluding carboxylic acids is 1. The normalized spacial score (nSPS) is 10.2. The van der Waals surface area contributed by atoms with Crippen molar-refractivity contribution in [2.24, 2.45) is 0 Å². The van der Waals surface area contributed by atoms with Gasteiger partial charge in [-0.15, -0.1) is 23.5 Å². The minimum Gasteiger partial charge on any atom is -0.493 e. The number of rotatable bonds is 7. The average Bonchev–Trinajstić information content (AvgIpc) is 2.60. The van der Waals surface area contributed by atoms with E-state index in [-0.39, 0.29) is 5.91 Å². The Kier molecular flexibility index (Phi) is 6.67. The predicted octanol–water partition coefficient (Wildman–Crippen LogP) is 4.16. The lowest BCUT2D eigenvalue weighted by Gasteiger charge is -2.10. The van der Waals surface area contributed by atoms with Crippen LogP contribution in [-0.4, -0.2) is 32.1 Å². The van der Waals surface area contributed by atoms with E-state index in [4.69, 9.17) is 9.47 Å². The van der Waals surface area contributed by atoms with Gasteiger partial charge in [-0.3, -0.25) is 4.79 Å². The number of benzene rings is 2. The van der Waals surface area contributed by atoms with Crippen molar-refractivity contribution < 1.29 is 14.3 Å². The molecule has 0 aliphatic rings. The van der Waals surface area contributed by atoms with Crippen LogP contribution in [0, 0.1) is 0 Å². The molecule has 0 saturated carbocycles. The molecular formula is C17H19NO3S2. The molecule has 0 heterocycles. The lowest BCUT2D eigenvalue weighted by Crippen LogP contribution is -2.14. The molecule has 1 N–H and O–H groups in total. The van der Waals surface area contributed by atoms with Gasteiger partial charge in [0.1, 0.15) is 0 Å². The van der Waals surface area contributed by atoms with Gasteiger partial charge in [0.15, 0.2) is 11.5 Å². The van der Waals surface area contributed by atoms with Crippen molar-refractivity contribution in [1.29, 1.82) is 0 Å². The molecule has 6 heteroatoms. The Balaban J connectivity index is 1.96. The molecule has 4 nitrogen and oxygen atoms in total. The van der Waals surface area contributed by atoms with E-state index in [1.165, 1.54) is 11.8 Å². The summed E-state index contributed by atoms with van der Waals surface area (Å²) in [6.45, 7) is 0. The van der Waals surface area contributed by atoms with E-state index in [9.17, 15) is 4.79 Å². The van der Waals surface area contributed by atoms with Gasteiger partial charge in [-0.25, -0.2) is 0 Å². The Morgan fingerprint density at radius 2 is 1.83 bits per heavy atom. The van der Waals surface area contributed by atoms with Crippen LogP contribution in [-0.2, 0) is 4.79 Å². The van der Waals surface area contributed by atoms with Crippen LogP contribution < -0.4 is 14.8 Å². The third-order valence-corrected chi connectivity index (χ3v) is 4.90. The van der Waals surface area contributed by atoms with Crippen LogP contribution >= 0.6 is 23.5 Å². The van der Waals surface area contributed by atoms with Gasteiger partial charge < -0.3 is 14.8 Å². The molecule has 0 aliphatic heterocycles. The first kappa shape index (κ1) is 17.6. The molecule has 1 amide bonds. The first-order valence-electron chi connectivity index (χ1n) is 6.95. The van der Waals surface area contributed by atoms with Crippen molar-refractivity contribution in [1.82, 2.24) is 0 Å². The number of nitrogens with one attached hydrogen (secondary N) is 1.